The lowest BCUT2D eigenvalue weighted by molar-refractivity contribution is -0.538. The van der Waals surface area contributed by atoms with E-state index in [0.29, 0.717) is 0 Å². The fraction of sp³-hybridized carbons (Fsp3) is 0.143. The van der Waals surface area contributed by atoms with Crippen LogP contribution in [0.2, 0.25) is 0 Å². The summed E-state index contributed by atoms with van der Waals surface area (Å²) in [5.41, 5.74) is 7.64. The van der Waals surface area contributed by atoms with Crippen molar-refractivity contribution in [3.05, 3.63) is 70.7 Å². The summed E-state index contributed by atoms with van der Waals surface area (Å²) in [7, 11) is 4.12. The van der Waals surface area contributed by atoms with Gasteiger partial charge < -0.3 is 21.9 Å². The number of rotatable bonds is 2. The topological polar surface area (TPSA) is 20.0 Å². The highest BCUT2D eigenvalue weighted by atomic mass is 79.9. The van der Waals surface area contributed by atoms with Crippen molar-refractivity contribution >= 4 is 43.7 Å². The third-order valence-corrected chi connectivity index (χ3v) is 5.32. The van der Waals surface area contributed by atoms with Crippen molar-refractivity contribution in [2.45, 2.75) is 6.92 Å². The van der Waals surface area contributed by atoms with E-state index in [2.05, 4.69) is 101 Å². The maximum absolute atomic E-state index is 4.91. The lowest BCUT2D eigenvalue weighted by atomic mass is 10.1. The van der Waals surface area contributed by atoms with Gasteiger partial charge in [-0.15, -0.1) is 4.57 Å². The zero-order valence-corrected chi connectivity index (χ0v) is 18.0. The monoisotopic (exact) mass is 471 g/mol. The molecule has 0 N–H and O–H groups in total. The summed E-state index contributed by atoms with van der Waals surface area (Å²) in [5.74, 6) is 0. The third kappa shape index (κ3) is 3.21. The minimum Gasteiger partial charge on any atom is -1.00 e. The van der Waals surface area contributed by atoms with Gasteiger partial charge in [0.1, 0.15) is 11.0 Å². The molecule has 0 aliphatic heterocycles. The number of aromatic nitrogens is 2. The molecule has 0 aliphatic carbocycles. The van der Waals surface area contributed by atoms with Crippen LogP contribution >= 0.6 is 15.9 Å². The molecule has 1 heterocycles. The summed E-state index contributed by atoms with van der Waals surface area (Å²) < 4.78 is 3.38. The van der Waals surface area contributed by atoms with Gasteiger partial charge in [-0.2, -0.15) is 0 Å². The van der Waals surface area contributed by atoms with Crippen molar-refractivity contribution in [1.29, 1.82) is 0 Å². The number of anilines is 1. The first kappa shape index (κ1) is 18.8. The Morgan fingerprint density at radius 2 is 1.58 bits per heavy atom. The summed E-state index contributed by atoms with van der Waals surface area (Å²) in [6, 6.07) is 21.2. The van der Waals surface area contributed by atoms with E-state index < -0.39 is 0 Å². The second-order valence-electron chi connectivity index (χ2n) is 6.44. The second-order valence-corrected chi connectivity index (χ2v) is 7.29. The van der Waals surface area contributed by atoms with Crippen molar-refractivity contribution in [3.8, 4) is 5.69 Å². The van der Waals surface area contributed by atoms with Gasteiger partial charge in [0.2, 0.25) is 16.7 Å². The highest BCUT2D eigenvalue weighted by Crippen LogP contribution is 2.25. The molecule has 26 heavy (non-hydrogen) atoms. The van der Waals surface area contributed by atoms with Crippen LogP contribution in [-0.4, -0.2) is 19.1 Å². The van der Waals surface area contributed by atoms with Crippen LogP contribution in [-0.2, 0) is 0 Å². The normalized spacial score (nSPS) is 10.8. The largest absolute Gasteiger partial charge is 1.00 e. The number of halogens is 2. The molecular weight excluding hydrogens is 454 g/mol. The molecule has 1 aromatic heterocycles. The average molecular weight is 473 g/mol. The lowest BCUT2D eigenvalue weighted by Crippen LogP contribution is -3.00. The molecule has 0 saturated heterocycles. The molecule has 3 nitrogen and oxygen atoms in total. The van der Waals surface area contributed by atoms with Crippen LogP contribution in [0, 0.1) is 6.92 Å². The van der Waals surface area contributed by atoms with Crippen LogP contribution in [0.4, 0.5) is 5.69 Å². The summed E-state index contributed by atoms with van der Waals surface area (Å²) in [6.45, 7) is 2.09. The minimum absolute atomic E-state index is 0. The summed E-state index contributed by atoms with van der Waals surface area (Å²) in [5, 5.41) is 0. The molecule has 0 amide bonds. The maximum atomic E-state index is 4.91. The number of fused-ring (bicyclic) bond motifs is 2. The van der Waals surface area contributed by atoms with Crippen LogP contribution in [0.25, 0.3) is 27.8 Å². The molecule has 0 bridgehead atoms. The Morgan fingerprint density at radius 1 is 0.885 bits per heavy atom. The van der Waals surface area contributed by atoms with Gasteiger partial charge in [-0.25, -0.2) is 4.98 Å². The van der Waals surface area contributed by atoms with Gasteiger partial charge in [-0.05, 0) is 30.7 Å². The number of para-hydroxylation sites is 1. The third-order valence-electron chi connectivity index (χ3n) is 4.47. The smallest absolute Gasteiger partial charge is 0.239 e. The minimum atomic E-state index is 0. The SMILES string of the molecule is Cc1cc2nc3ccc(N(C)C)cc3[n+](-c3ccccc3)c2cc1Br.[Br-]. The Morgan fingerprint density at radius 3 is 2.27 bits per heavy atom. The number of aryl methyl sites for hydroxylation is 1. The Kier molecular flexibility index (Phi) is 5.30. The molecule has 0 aliphatic rings. The van der Waals surface area contributed by atoms with E-state index in [-0.39, 0.29) is 17.0 Å². The van der Waals surface area contributed by atoms with Crippen molar-refractivity contribution in [2.75, 3.05) is 19.0 Å². The lowest BCUT2D eigenvalue weighted by Gasteiger charge is -2.13. The molecule has 132 valence electrons. The van der Waals surface area contributed by atoms with Gasteiger partial charge >= 0.3 is 0 Å². The average Bonchev–Trinajstić information content (AvgIpc) is 2.61. The highest BCUT2D eigenvalue weighted by molar-refractivity contribution is 9.10. The van der Waals surface area contributed by atoms with Crippen molar-refractivity contribution in [2.24, 2.45) is 0 Å². The number of benzene rings is 3. The molecule has 0 unspecified atom stereocenters. The molecule has 5 heteroatoms. The van der Waals surface area contributed by atoms with Crippen molar-refractivity contribution in [1.82, 2.24) is 4.98 Å². The van der Waals surface area contributed by atoms with Gasteiger partial charge in [0.05, 0.1) is 0 Å². The molecule has 0 fully saturated rings. The van der Waals surface area contributed by atoms with Gasteiger partial charge in [-0.3, -0.25) is 0 Å². The first-order valence-corrected chi connectivity index (χ1v) is 9.02. The molecule has 4 rings (SSSR count). The summed E-state index contributed by atoms with van der Waals surface area (Å²) in [4.78, 5) is 7.02. The Hall–Kier alpha value is -1.98. The van der Waals surface area contributed by atoms with Gasteiger partial charge in [0.25, 0.3) is 0 Å². The number of nitrogens with zero attached hydrogens (tertiary/aromatic N) is 3. The van der Waals surface area contributed by atoms with E-state index in [0.717, 1.165) is 37.9 Å². The van der Waals surface area contributed by atoms with Crippen LogP contribution in [0.1, 0.15) is 5.56 Å². The van der Waals surface area contributed by atoms with E-state index in [1.807, 2.05) is 6.07 Å². The van der Waals surface area contributed by atoms with Crippen molar-refractivity contribution in [3.63, 3.8) is 0 Å². The summed E-state index contributed by atoms with van der Waals surface area (Å²) in [6.07, 6.45) is 0. The maximum Gasteiger partial charge on any atom is 0.239 e. The van der Waals surface area contributed by atoms with Crippen molar-refractivity contribution < 1.29 is 21.5 Å². The fourth-order valence-electron chi connectivity index (χ4n) is 3.10. The molecule has 4 aromatic rings. The van der Waals surface area contributed by atoms with E-state index in [1.165, 1.54) is 5.56 Å². The predicted molar refractivity (Wildman–Crippen MR) is 108 cm³/mol. The quantitative estimate of drug-likeness (QED) is 0.327. The molecule has 0 atom stereocenters. The molecule has 0 radical (unpaired) electrons. The second kappa shape index (κ2) is 7.33. The zero-order chi connectivity index (χ0) is 17.6. The van der Waals surface area contributed by atoms with Gasteiger partial charge in [0.15, 0.2) is 0 Å². The van der Waals surface area contributed by atoms with E-state index in [4.69, 9.17) is 4.98 Å². The van der Waals surface area contributed by atoms with Crippen LogP contribution in [0.15, 0.2) is 65.1 Å². The molecular formula is C21H19Br2N3. The Bertz CT molecular complexity index is 1090. The summed E-state index contributed by atoms with van der Waals surface area (Å²) >= 11 is 3.68. The van der Waals surface area contributed by atoms with E-state index >= 15 is 0 Å². The van der Waals surface area contributed by atoms with Gasteiger partial charge in [-0.1, -0.05) is 34.1 Å². The number of hydrogen-bond donors (Lipinski definition) is 0. The first-order valence-electron chi connectivity index (χ1n) is 8.23. The first-order chi connectivity index (χ1) is 12.0. The van der Waals surface area contributed by atoms with Crippen LogP contribution in [0.5, 0.6) is 0 Å². The Balaban J connectivity index is 0.00000196. The van der Waals surface area contributed by atoms with E-state index in [1.54, 1.807) is 0 Å². The fourth-order valence-corrected chi connectivity index (χ4v) is 3.43. The number of hydrogen-bond acceptors (Lipinski definition) is 2. The zero-order valence-electron chi connectivity index (χ0n) is 14.9. The van der Waals surface area contributed by atoms with Crippen LogP contribution < -0.4 is 26.4 Å². The van der Waals surface area contributed by atoms with Crippen LogP contribution in [0.3, 0.4) is 0 Å². The molecule has 0 spiro atoms. The highest BCUT2D eigenvalue weighted by Gasteiger charge is 2.21. The van der Waals surface area contributed by atoms with Gasteiger partial charge in [0, 0.05) is 48.5 Å². The molecule has 3 aromatic carbocycles. The Labute approximate surface area is 172 Å². The standard InChI is InChI=1S/C21H19BrN3.BrH/c1-14-11-19-21(13-17(14)22)25(15-7-5-4-6-8-15)20-12-16(24(2)3)9-10-18(20)23-19;/h4-13H,1-3H3;1H/q+1;/p-1. The predicted octanol–water partition coefficient (Wildman–Crippen LogP) is 1.81. The van der Waals surface area contributed by atoms with E-state index in [9.17, 15) is 0 Å². The molecule has 0 saturated carbocycles.